The first-order valence-electron chi connectivity index (χ1n) is 12.2. The maximum atomic E-state index is 13.5. The van der Waals surface area contributed by atoms with Gasteiger partial charge in [-0.15, -0.1) is 0 Å². The van der Waals surface area contributed by atoms with E-state index in [1.165, 1.54) is 28.7 Å². The Bertz CT molecular complexity index is 1320. The van der Waals surface area contributed by atoms with E-state index in [9.17, 15) is 9.50 Å². The topological polar surface area (TPSA) is 38.0 Å². The van der Waals surface area contributed by atoms with Crippen LogP contribution in [0.25, 0.3) is 22.5 Å². The van der Waals surface area contributed by atoms with Crippen LogP contribution in [0.3, 0.4) is 0 Å². The summed E-state index contributed by atoms with van der Waals surface area (Å²) in [7, 11) is 0. The third-order valence-corrected chi connectivity index (χ3v) is 7.41. The van der Waals surface area contributed by atoms with Crippen LogP contribution in [0.1, 0.15) is 56.0 Å². The number of aliphatic hydroxyl groups is 1. The van der Waals surface area contributed by atoms with Gasteiger partial charge in [0.25, 0.3) is 0 Å². The second-order valence-electron chi connectivity index (χ2n) is 9.41. The molecule has 0 unspecified atom stereocenters. The number of halogens is 1. The molecule has 1 saturated carbocycles. The minimum absolute atomic E-state index is 0.161. The molecule has 1 heterocycles. The first-order chi connectivity index (χ1) is 16.5. The summed E-state index contributed by atoms with van der Waals surface area (Å²) in [6, 6.07) is 21.1. The maximum absolute atomic E-state index is 13.5. The normalized spacial score (nSPS) is 20.6. The van der Waals surface area contributed by atoms with Gasteiger partial charge in [0.05, 0.1) is 23.7 Å². The Morgan fingerprint density at radius 2 is 1.85 bits per heavy atom. The molecule has 0 radical (unpaired) electrons. The summed E-state index contributed by atoms with van der Waals surface area (Å²) < 4.78 is 15.4. The summed E-state index contributed by atoms with van der Waals surface area (Å²) in [5.41, 5.74) is 5.40. The van der Waals surface area contributed by atoms with E-state index in [1.54, 1.807) is 12.1 Å². The van der Waals surface area contributed by atoms with Crippen molar-refractivity contribution < 1.29 is 9.50 Å². The fraction of sp³-hybridized carbons (Fsp3) is 0.300. The molecule has 5 rings (SSSR count). The van der Waals surface area contributed by atoms with Crippen LogP contribution in [-0.4, -0.2) is 14.9 Å². The first-order valence-corrected chi connectivity index (χ1v) is 12.2. The van der Waals surface area contributed by atoms with Crippen molar-refractivity contribution in [2.75, 3.05) is 0 Å². The molecular formula is C30H31FN2O. The van der Waals surface area contributed by atoms with Crippen molar-refractivity contribution in [1.82, 2.24) is 9.78 Å². The van der Waals surface area contributed by atoms with Crippen LogP contribution in [0.2, 0.25) is 0 Å². The van der Waals surface area contributed by atoms with E-state index in [0.717, 1.165) is 48.0 Å². The molecule has 0 amide bonds. The van der Waals surface area contributed by atoms with Crippen LogP contribution in [0.4, 0.5) is 4.39 Å². The Hall–Kier alpha value is -3.24. The predicted octanol–water partition coefficient (Wildman–Crippen LogP) is 7.28. The Labute approximate surface area is 200 Å². The van der Waals surface area contributed by atoms with Crippen LogP contribution < -0.4 is 0 Å². The molecule has 0 bridgehead atoms. The molecular weight excluding hydrogens is 423 g/mol. The van der Waals surface area contributed by atoms with Gasteiger partial charge in [-0.25, -0.2) is 9.07 Å². The van der Waals surface area contributed by atoms with Gasteiger partial charge < -0.3 is 5.11 Å². The van der Waals surface area contributed by atoms with Gasteiger partial charge in [0.1, 0.15) is 5.82 Å². The average molecular weight is 455 g/mol. The van der Waals surface area contributed by atoms with E-state index in [4.69, 9.17) is 0 Å². The number of benzene rings is 3. The highest BCUT2D eigenvalue weighted by Crippen LogP contribution is 2.42. The molecule has 4 heteroatoms. The minimum Gasteiger partial charge on any atom is -0.388 e. The van der Waals surface area contributed by atoms with Gasteiger partial charge >= 0.3 is 0 Å². The largest absolute Gasteiger partial charge is 0.388 e. The van der Waals surface area contributed by atoms with Gasteiger partial charge in [0.2, 0.25) is 0 Å². The maximum Gasteiger partial charge on any atom is 0.123 e. The number of aliphatic hydroxyl groups excluding tert-OH is 1. The highest BCUT2D eigenvalue weighted by atomic mass is 19.1. The van der Waals surface area contributed by atoms with Crippen LogP contribution >= 0.6 is 0 Å². The van der Waals surface area contributed by atoms with Crippen molar-refractivity contribution in [1.29, 1.82) is 0 Å². The Balaban J connectivity index is 1.46. The molecule has 3 nitrogen and oxygen atoms in total. The van der Waals surface area contributed by atoms with Crippen molar-refractivity contribution in [3.05, 3.63) is 101 Å². The third-order valence-electron chi connectivity index (χ3n) is 7.41. The van der Waals surface area contributed by atoms with Gasteiger partial charge in [0.15, 0.2) is 0 Å². The minimum atomic E-state index is -0.504. The number of nitrogens with zero attached hydrogens (tertiary/aromatic N) is 2. The molecule has 1 aliphatic rings. The summed E-state index contributed by atoms with van der Waals surface area (Å²) in [5.74, 6) is 0.155. The molecule has 1 N–H and O–H groups in total. The highest BCUT2D eigenvalue weighted by Gasteiger charge is 2.32. The number of aromatic nitrogens is 2. The first kappa shape index (κ1) is 22.5. The lowest BCUT2D eigenvalue weighted by atomic mass is 9.72. The van der Waals surface area contributed by atoms with E-state index >= 15 is 0 Å². The SMILES string of the molecule is CCc1cnn(-c2ccc(F)cc2)c1/C=C1/CCC[C@H]([C@@H](O)c2ccc3ccccc3c2)[C@@H]1C. The zero-order chi connectivity index (χ0) is 23.7. The second-order valence-corrected chi connectivity index (χ2v) is 9.41. The van der Waals surface area contributed by atoms with Crippen LogP contribution in [0.15, 0.2) is 78.5 Å². The summed E-state index contributed by atoms with van der Waals surface area (Å²) in [4.78, 5) is 0. The smallest absolute Gasteiger partial charge is 0.123 e. The van der Waals surface area contributed by atoms with E-state index in [1.807, 2.05) is 23.0 Å². The summed E-state index contributed by atoms with van der Waals surface area (Å²) >= 11 is 0. The molecule has 3 atom stereocenters. The Morgan fingerprint density at radius 1 is 1.09 bits per heavy atom. The number of fused-ring (bicyclic) bond motifs is 1. The van der Waals surface area contributed by atoms with Crippen molar-refractivity contribution in [2.24, 2.45) is 11.8 Å². The number of allylic oxidation sites excluding steroid dienone is 1. The average Bonchev–Trinajstić information content (AvgIpc) is 3.27. The van der Waals surface area contributed by atoms with Crippen LogP contribution in [-0.2, 0) is 6.42 Å². The van der Waals surface area contributed by atoms with E-state index in [-0.39, 0.29) is 17.7 Å². The molecule has 1 fully saturated rings. The van der Waals surface area contributed by atoms with Gasteiger partial charge in [-0.1, -0.05) is 55.8 Å². The Morgan fingerprint density at radius 3 is 2.62 bits per heavy atom. The zero-order valence-corrected chi connectivity index (χ0v) is 19.8. The molecule has 1 aromatic heterocycles. The van der Waals surface area contributed by atoms with Gasteiger partial charge in [-0.2, -0.15) is 5.10 Å². The Kier molecular flexibility index (Phi) is 6.34. The van der Waals surface area contributed by atoms with Crippen LogP contribution in [0.5, 0.6) is 0 Å². The molecule has 3 aromatic carbocycles. The predicted molar refractivity (Wildman–Crippen MR) is 136 cm³/mol. The molecule has 0 saturated heterocycles. The molecule has 0 spiro atoms. The summed E-state index contributed by atoms with van der Waals surface area (Å²) in [5, 5.41) is 18.4. The monoisotopic (exact) mass is 454 g/mol. The van der Waals surface area contributed by atoms with Crippen molar-refractivity contribution in [3.63, 3.8) is 0 Å². The second kappa shape index (κ2) is 9.55. The third kappa shape index (κ3) is 4.30. The lowest BCUT2D eigenvalue weighted by Gasteiger charge is -2.35. The van der Waals surface area contributed by atoms with Crippen molar-refractivity contribution >= 4 is 16.8 Å². The van der Waals surface area contributed by atoms with E-state index < -0.39 is 6.10 Å². The quantitative estimate of drug-likeness (QED) is 0.344. The number of hydrogen-bond donors (Lipinski definition) is 1. The highest BCUT2D eigenvalue weighted by molar-refractivity contribution is 5.83. The summed E-state index contributed by atoms with van der Waals surface area (Å²) in [6.07, 6.45) is 7.61. The van der Waals surface area contributed by atoms with Crippen molar-refractivity contribution in [3.8, 4) is 5.69 Å². The molecule has 0 aliphatic heterocycles. The van der Waals surface area contributed by atoms with E-state index in [0.29, 0.717) is 0 Å². The van der Waals surface area contributed by atoms with E-state index in [2.05, 4.69) is 55.4 Å². The van der Waals surface area contributed by atoms with Gasteiger partial charge in [-0.05, 0) is 95.8 Å². The lowest BCUT2D eigenvalue weighted by molar-refractivity contribution is 0.0702. The van der Waals surface area contributed by atoms with Crippen molar-refractivity contribution in [2.45, 2.75) is 45.6 Å². The number of hydrogen-bond acceptors (Lipinski definition) is 2. The zero-order valence-electron chi connectivity index (χ0n) is 19.8. The molecule has 1 aliphatic carbocycles. The summed E-state index contributed by atoms with van der Waals surface area (Å²) in [6.45, 7) is 4.37. The van der Waals surface area contributed by atoms with Crippen LogP contribution in [0, 0.1) is 17.7 Å². The van der Waals surface area contributed by atoms with Gasteiger partial charge in [0, 0.05) is 0 Å². The molecule has 4 aromatic rings. The van der Waals surface area contributed by atoms with Gasteiger partial charge in [-0.3, -0.25) is 0 Å². The number of rotatable bonds is 5. The number of aryl methyl sites for hydroxylation is 1. The fourth-order valence-electron chi connectivity index (χ4n) is 5.35. The molecule has 174 valence electrons. The fourth-order valence-corrected chi connectivity index (χ4v) is 5.35. The standard InChI is InChI=1S/C30H31FN2O/c1-3-21-19-32-33(27-15-13-26(31)14-16-27)29(21)18-23-9-6-10-28(20(23)2)30(34)25-12-11-22-7-4-5-8-24(22)17-25/h4-5,7-8,11-20,28,30,34H,3,6,9-10H2,1-2H3/b23-18-/t20-,28+,30+/m1/s1. The lowest BCUT2D eigenvalue weighted by Crippen LogP contribution is -2.25. The molecule has 34 heavy (non-hydrogen) atoms.